The van der Waals surface area contributed by atoms with Crippen molar-refractivity contribution < 1.29 is 24.0 Å². The highest BCUT2D eigenvalue weighted by Crippen LogP contribution is 2.47. The molecule has 1 N–H and O–H groups in total. The van der Waals surface area contributed by atoms with E-state index < -0.39 is 38.8 Å². The van der Waals surface area contributed by atoms with Crippen molar-refractivity contribution >= 4 is 39.8 Å². The van der Waals surface area contributed by atoms with E-state index in [1.54, 1.807) is 4.90 Å². The Bertz CT molecular complexity index is 1790. The van der Waals surface area contributed by atoms with Crippen molar-refractivity contribution in [2.24, 2.45) is 0 Å². The molecule has 10 nitrogen and oxygen atoms in total. The topological polar surface area (TPSA) is 118 Å². The summed E-state index contributed by atoms with van der Waals surface area (Å²) < 4.78 is 23.5. The summed E-state index contributed by atoms with van der Waals surface area (Å²) in [7, 11) is 1.32. The van der Waals surface area contributed by atoms with E-state index in [2.05, 4.69) is 4.90 Å². The van der Waals surface area contributed by atoms with E-state index >= 15 is 4.39 Å². The van der Waals surface area contributed by atoms with Crippen LogP contribution in [0.25, 0.3) is 10.9 Å². The predicted molar refractivity (Wildman–Crippen MR) is 160 cm³/mol. The molecular weight excluding hydrogens is 579 g/mol. The minimum atomic E-state index is -1.54. The van der Waals surface area contributed by atoms with Crippen LogP contribution in [0.1, 0.15) is 46.4 Å². The third kappa shape index (κ3) is 5.08. The summed E-state index contributed by atoms with van der Waals surface area (Å²) in [4.78, 5) is 40.4. The predicted octanol–water partition coefficient (Wildman–Crippen LogP) is 5.66. The van der Waals surface area contributed by atoms with E-state index in [9.17, 15) is 24.8 Å². The van der Waals surface area contributed by atoms with Gasteiger partial charge in [-0.05, 0) is 36.1 Å². The van der Waals surface area contributed by atoms with Crippen molar-refractivity contribution in [1.82, 2.24) is 9.47 Å². The number of carboxylic acid groups (broad SMARTS) is 1. The number of aromatic carboxylic acids is 1. The zero-order valence-corrected chi connectivity index (χ0v) is 24.0. The van der Waals surface area contributed by atoms with Crippen molar-refractivity contribution in [3.05, 3.63) is 109 Å². The number of carboxylic acids is 1. The number of fused-ring (bicyclic) bond motifs is 1. The van der Waals surface area contributed by atoms with Crippen LogP contribution in [0, 0.1) is 15.9 Å². The van der Waals surface area contributed by atoms with Gasteiger partial charge in [0.2, 0.25) is 11.2 Å². The maximum absolute atomic E-state index is 16.3. The molecule has 0 radical (unpaired) electrons. The molecule has 0 bridgehead atoms. The number of benzene rings is 3. The molecule has 2 heterocycles. The van der Waals surface area contributed by atoms with Crippen LogP contribution in [0.3, 0.4) is 0 Å². The van der Waals surface area contributed by atoms with E-state index in [0.29, 0.717) is 44.0 Å². The number of pyridine rings is 1. The summed E-state index contributed by atoms with van der Waals surface area (Å²) in [6.45, 7) is 1.61. The lowest BCUT2D eigenvalue weighted by molar-refractivity contribution is -0.385. The van der Waals surface area contributed by atoms with Crippen LogP contribution in [-0.2, 0) is 0 Å². The fourth-order valence-electron chi connectivity index (χ4n) is 6.06. The van der Waals surface area contributed by atoms with E-state index in [1.165, 1.54) is 17.9 Å². The molecule has 3 aromatic carbocycles. The van der Waals surface area contributed by atoms with Gasteiger partial charge in [0.25, 0.3) is 0 Å². The number of nitro benzene ring substituents is 1. The van der Waals surface area contributed by atoms with Crippen LogP contribution >= 0.6 is 11.6 Å². The zero-order valence-electron chi connectivity index (χ0n) is 23.2. The van der Waals surface area contributed by atoms with Crippen LogP contribution < -0.4 is 15.1 Å². The van der Waals surface area contributed by atoms with Gasteiger partial charge in [-0.15, -0.1) is 0 Å². The Hall–Kier alpha value is -4.48. The molecule has 1 aromatic heterocycles. The van der Waals surface area contributed by atoms with Crippen molar-refractivity contribution in [3.63, 3.8) is 0 Å². The van der Waals surface area contributed by atoms with Gasteiger partial charge in [-0.25, -0.2) is 4.79 Å². The number of piperazine rings is 1. The van der Waals surface area contributed by atoms with Crippen LogP contribution in [0.15, 0.2) is 65.6 Å². The van der Waals surface area contributed by atoms with Gasteiger partial charge in [-0.1, -0.05) is 54.1 Å². The first-order valence-electron chi connectivity index (χ1n) is 13.9. The molecule has 1 aliphatic heterocycles. The number of nitrogens with zero attached hydrogens (tertiary/aromatic N) is 4. The van der Waals surface area contributed by atoms with E-state index in [1.807, 2.05) is 54.6 Å². The van der Waals surface area contributed by atoms with Gasteiger partial charge in [0, 0.05) is 43.4 Å². The van der Waals surface area contributed by atoms with Crippen molar-refractivity contribution in [1.29, 1.82) is 0 Å². The Labute approximate surface area is 250 Å². The van der Waals surface area contributed by atoms with Gasteiger partial charge in [0.05, 0.1) is 18.1 Å². The van der Waals surface area contributed by atoms with Crippen molar-refractivity contribution in [3.8, 4) is 5.75 Å². The maximum Gasteiger partial charge on any atom is 0.341 e. The van der Waals surface area contributed by atoms with Gasteiger partial charge in [-0.2, -0.15) is 4.39 Å². The average molecular weight is 607 g/mol. The standard InChI is InChI=1S/C31H28ClFN4O6/c1-43-30-27-23(29(38)22(31(39)40)17-36(27)21-11-12-21)26(37(41)42)24(33)28(30)35-15-13-34(14-16-35)25(18-5-3-2-4-6-18)19-7-9-20(32)10-8-19/h2-10,17,21,25H,11-16H2,1H3,(H,39,40). The highest BCUT2D eigenvalue weighted by molar-refractivity contribution is 6.30. The first-order chi connectivity index (χ1) is 20.7. The Morgan fingerprint density at radius 1 is 1.07 bits per heavy atom. The van der Waals surface area contributed by atoms with Gasteiger partial charge in [0.15, 0.2) is 5.75 Å². The first kappa shape index (κ1) is 28.6. The SMILES string of the molecule is COc1c(N2CCN(C(c3ccccc3)c3ccc(Cl)cc3)CC2)c(F)c([N+](=O)[O-])c2c(=O)c(C(=O)O)cn(C3CC3)c12. The second-order valence-corrected chi connectivity index (χ2v) is 11.2. The molecule has 1 saturated carbocycles. The molecule has 43 heavy (non-hydrogen) atoms. The van der Waals surface area contributed by atoms with Crippen LogP contribution in [-0.4, -0.2) is 58.8 Å². The fourth-order valence-corrected chi connectivity index (χ4v) is 6.18. The smallest absolute Gasteiger partial charge is 0.341 e. The zero-order chi connectivity index (χ0) is 30.4. The summed E-state index contributed by atoms with van der Waals surface area (Å²) in [6, 6.07) is 17.3. The van der Waals surface area contributed by atoms with E-state index in [4.69, 9.17) is 16.3 Å². The molecule has 2 fully saturated rings. The quantitative estimate of drug-likeness (QED) is 0.202. The Morgan fingerprint density at radius 3 is 2.26 bits per heavy atom. The summed E-state index contributed by atoms with van der Waals surface area (Å²) in [5.74, 6) is -2.78. The molecule has 4 aromatic rings. The Kier molecular flexibility index (Phi) is 7.53. The number of hydrogen-bond donors (Lipinski definition) is 1. The number of hydrogen-bond acceptors (Lipinski definition) is 7. The molecule has 1 saturated heterocycles. The molecule has 1 unspecified atom stereocenters. The van der Waals surface area contributed by atoms with E-state index in [-0.39, 0.29) is 29.0 Å². The number of anilines is 1. The maximum atomic E-state index is 16.3. The van der Waals surface area contributed by atoms with Crippen LogP contribution in [0.4, 0.5) is 15.8 Å². The third-order valence-electron chi connectivity index (χ3n) is 8.17. The van der Waals surface area contributed by atoms with Gasteiger partial charge in [0.1, 0.15) is 22.2 Å². The first-order valence-corrected chi connectivity index (χ1v) is 14.2. The molecule has 1 atom stereocenters. The lowest BCUT2D eigenvalue weighted by Crippen LogP contribution is -2.48. The Morgan fingerprint density at radius 2 is 1.70 bits per heavy atom. The molecule has 1 aliphatic carbocycles. The number of nitro groups is 1. The molecule has 0 amide bonds. The number of halogens is 2. The summed E-state index contributed by atoms with van der Waals surface area (Å²) in [5.41, 5.74) is -0.774. The highest BCUT2D eigenvalue weighted by Gasteiger charge is 2.39. The molecule has 12 heteroatoms. The molecule has 0 spiro atoms. The third-order valence-corrected chi connectivity index (χ3v) is 8.42. The van der Waals surface area contributed by atoms with Crippen molar-refractivity contribution in [2.75, 3.05) is 38.2 Å². The van der Waals surface area contributed by atoms with Gasteiger partial charge >= 0.3 is 11.7 Å². The second kappa shape index (κ2) is 11.3. The largest absolute Gasteiger partial charge is 0.492 e. The lowest BCUT2D eigenvalue weighted by Gasteiger charge is -2.41. The number of aromatic nitrogens is 1. The summed E-state index contributed by atoms with van der Waals surface area (Å²) >= 11 is 6.16. The number of carbonyl (C=O) groups is 1. The lowest BCUT2D eigenvalue weighted by atomic mass is 9.96. The second-order valence-electron chi connectivity index (χ2n) is 10.7. The summed E-state index contributed by atoms with van der Waals surface area (Å²) in [5, 5.41) is 22.0. The Balaban J connectivity index is 1.45. The number of ether oxygens (including phenoxy) is 1. The van der Waals surface area contributed by atoms with Crippen LogP contribution in [0.2, 0.25) is 5.02 Å². The fraction of sp³-hybridized carbons (Fsp3) is 0.290. The minimum absolute atomic E-state index is 0.0233. The number of methoxy groups -OCH3 is 1. The normalized spacial score (nSPS) is 16.3. The van der Waals surface area contributed by atoms with Crippen molar-refractivity contribution in [2.45, 2.75) is 24.9 Å². The monoisotopic (exact) mass is 606 g/mol. The molecule has 6 rings (SSSR count). The minimum Gasteiger partial charge on any atom is -0.492 e. The van der Waals surface area contributed by atoms with E-state index in [0.717, 1.165) is 11.1 Å². The molecular formula is C31H28ClFN4O6. The van der Waals surface area contributed by atoms with Crippen LogP contribution in [0.5, 0.6) is 5.75 Å². The van der Waals surface area contributed by atoms with Gasteiger partial charge < -0.3 is 19.3 Å². The molecule has 2 aliphatic rings. The van der Waals surface area contributed by atoms with Gasteiger partial charge in [-0.3, -0.25) is 19.8 Å². The highest BCUT2D eigenvalue weighted by atomic mass is 35.5. The number of rotatable bonds is 8. The summed E-state index contributed by atoms with van der Waals surface area (Å²) in [6.07, 6.45) is 2.56. The average Bonchev–Trinajstić information content (AvgIpc) is 3.84. The molecule has 222 valence electrons.